The van der Waals surface area contributed by atoms with Crippen LogP contribution in [-0.4, -0.2) is 48.6 Å². The van der Waals surface area contributed by atoms with Crippen molar-refractivity contribution in [3.8, 4) is 5.75 Å². The van der Waals surface area contributed by atoms with Crippen LogP contribution in [0.25, 0.3) is 10.8 Å². The molecule has 2 heterocycles. The van der Waals surface area contributed by atoms with Crippen molar-refractivity contribution in [1.29, 1.82) is 0 Å². The highest BCUT2D eigenvalue weighted by Gasteiger charge is 2.68. The van der Waals surface area contributed by atoms with Gasteiger partial charge in [-0.1, -0.05) is 99.6 Å². The average molecular weight is 609 g/mol. The maximum absolute atomic E-state index is 14.4. The lowest BCUT2D eigenvalue weighted by molar-refractivity contribution is -0.199. The van der Waals surface area contributed by atoms with E-state index < -0.39 is 12.7 Å². The topological polar surface area (TPSA) is 78.4 Å². The van der Waals surface area contributed by atoms with E-state index in [1.165, 1.54) is 6.42 Å². The summed E-state index contributed by atoms with van der Waals surface area (Å²) in [4.78, 5) is 20.6. The monoisotopic (exact) mass is 608 g/mol. The summed E-state index contributed by atoms with van der Waals surface area (Å²) in [5, 5.41) is 9.95. The third-order valence-corrected chi connectivity index (χ3v) is 11.1. The first-order chi connectivity index (χ1) is 21.6. The Kier molecular flexibility index (Phi) is 7.72. The zero-order valence-corrected chi connectivity index (χ0v) is 27.1. The summed E-state index contributed by atoms with van der Waals surface area (Å²) in [5.41, 5.74) is 0.410. The van der Waals surface area contributed by atoms with Crippen LogP contribution in [0.2, 0.25) is 0 Å². The summed E-state index contributed by atoms with van der Waals surface area (Å²) in [6, 6.07) is 24.2. The summed E-state index contributed by atoms with van der Waals surface area (Å²) in [7, 11) is -0.508. The van der Waals surface area contributed by atoms with Crippen LogP contribution < -0.4 is 10.1 Å². The second kappa shape index (κ2) is 11.5. The van der Waals surface area contributed by atoms with Gasteiger partial charge in [-0.2, -0.15) is 0 Å². The molecule has 3 aliphatic carbocycles. The number of nitrogens with zero attached hydrogens (tertiary/aromatic N) is 1. The zero-order chi connectivity index (χ0) is 31.4. The quantitative estimate of drug-likeness (QED) is 0.257. The number of fused-ring (bicyclic) bond motifs is 1. The van der Waals surface area contributed by atoms with Gasteiger partial charge in [0.05, 0.1) is 23.4 Å². The van der Waals surface area contributed by atoms with Crippen LogP contribution in [0.5, 0.6) is 5.75 Å². The van der Waals surface area contributed by atoms with Gasteiger partial charge in [0.1, 0.15) is 12.4 Å². The lowest BCUT2D eigenvalue weighted by Gasteiger charge is -2.64. The number of hydrogen-bond acceptors (Lipinski definition) is 6. The molecule has 3 aromatic rings. The van der Waals surface area contributed by atoms with E-state index in [2.05, 4.69) is 57.2 Å². The minimum atomic E-state index is -1.20. The first-order valence-electron chi connectivity index (χ1n) is 16.6. The smallest absolute Gasteiger partial charge is 0.481 e. The normalized spacial score (nSPS) is 30.3. The molecule has 1 saturated heterocycles. The Morgan fingerprint density at radius 2 is 1.78 bits per heavy atom. The number of nitrogens with one attached hydrogen (secondary N) is 1. The fraction of sp³-hybridized carbons (Fsp3) is 0.514. The van der Waals surface area contributed by atoms with Crippen molar-refractivity contribution < 1.29 is 23.7 Å². The first-order valence-corrected chi connectivity index (χ1v) is 16.6. The van der Waals surface area contributed by atoms with Gasteiger partial charge in [0.25, 0.3) is 5.91 Å². The second-order valence-corrected chi connectivity index (χ2v) is 14.9. The molecule has 6 atom stereocenters. The molecule has 0 aromatic heterocycles. The van der Waals surface area contributed by atoms with Crippen molar-refractivity contribution in [2.45, 2.75) is 90.0 Å². The predicted molar refractivity (Wildman–Crippen MR) is 177 cm³/mol. The molecule has 8 rings (SSSR count). The number of ether oxygens (including phenoxy) is 1. The minimum Gasteiger partial charge on any atom is -0.487 e. The molecule has 1 amide bonds. The Hall–Kier alpha value is -3.36. The third kappa shape index (κ3) is 5.44. The summed E-state index contributed by atoms with van der Waals surface area (Å²) >= 11 is 0. The van der Waals surface area contributed by atoms with E-state index in [4.69, 9.17) is 18.9 Å². The van der Waals surface area contributed by atoms with Gasteiger partial charge in [0.15, 0.2) is 0 Å². The number of carbonyl (C=O) groups excluding carboxylic acids is 1. The molecule has 3 aromatic carbocycles. The van der Waals surface area contributed by atoms with E-state index in [1.807, 2.05) is 60.7 Å². The van der Waals surface area contributed by atoms with Crippen molar-refractivity contribution in [2.24, 2.45) is 28.3 Å². The van der Waals surface area contributed by atoms with Crippen molar-refractivity contribution in [3.05, 3.63) is 78.4 Å². The number of hydrogen-bond donors (Lipinski definition) is 1. The molecule has 0 spiro atoms. The molecule has 2 bridgehead atoms. The first kappa shape index (κ1) is 30.3. The number of oxime groups is 1. The van der Waals surface area contributed by atoms with E-state index >= 15 is 0 Å². The van der Waals surface area contributed by atoms with Crippen molar-refractivity contribution in [2.75, 3.05) is 6.61 Å². The Labute approximate surface area is 267 Å². The molecule has 2 aliphatic heterocycles. The SMILES string of the molecule is CC(C)C[C@H](NC(=O)C1(Cc2ccccc2)CC(COc2cccc3ccccc23)=NO1)B1O[C@@H]2C[C@@H]3C[C@@H](C3(C)C)[C@]2(C)O1. The van der Waals surface area contributed by atoms with Crippen LogP contribution in [0.3, 0.4) is 0 Å². The summed E-state index contributed by atoms with van der Waals surface area (Å²) in [6.45, 7) is 11.5. The predicted octanol–water partition coefficient (Wildman–Crippen LogP) is 6.77. The van der Waals surface area contributed by atoms with Gasteiger partial charge in [-0.25, -0.2) is 0 Å². The van der Waals surface area contributed by atoms with Crippen molar-refractivity contribution in [3.63, 3.8) is 0 Å². The summed E-state index contributed by atoms with van der Waals surface area (Å²) in [6.07, 6.45) is 3.70. The van der Waals surface area contributed by atoms with E-state index in [0.717, 1.165) is 34.9 Å². The highest BCUT2D eigenvalue weighted by atomic mass is 16.7. The molecule has 45 heavy (non-hydrogen) atoms. The molecule has 1 unspecified atom stereocenters. The van der Waals surface area contributed by atoms with Gasteiger partial charge in [0, 0.05) is 18.2 Å². The zero-order valence-electron chi connectivity index (χ0n) is 27.1. The van der Waals surface area contributed by atoms with Crippen LogP contribution in [0.15, 0.2) is 78.0 Å². The Morgan fingerprint density at radius 1 is 1.02 bits per heavy atom. The van der Waals surface area contributed by atoms with Crippen LogP contribution in [0, 0.1) is 23.2 Å². The van der Waals surface area contributed by atoms with Crippen LogP contribution in [0.4, 0.5) is 0 Å². The molecule has 0 radical (unpaired) electrons. The Bertz CT molecular complexity index is 1590. The molecule has 8 heteroatoms. The van der Waals surface area contributed by atoms with Crippen molar-refractivity contribution >= 4 is 29.5 Å². The molecule has 4 fully saturated rings. The summed E-state index contributed by atoms with van der Waals surface area (Å²) in [5.74, 6) is 1.72. The molecule has 236 valence electrons. The lowest BCUT2D eigenvalue weighted by Crippen LogP contribution is -2.65. The van der Waals surface area contributed by atoms with Gasteiger partial charge in [-0.15, -0.1) is 0 Å². The molecular formula is C37H45BN2O5. The van der Waals surface area contributed by atoms with Gasteiger partial charge in [-0.3, -0.25) is 4.79 Å². The number of amides is 1. The van der Waals surface area contributed by atoms with E-state index in [9.17, 15) is 4.79 Å². The van der Waals surface area contributed by atoms with Gasteiger partial charge in [0.2, 0.25) is 5.60 Å². The van der Waals surface area contributed by atoms with E-state index in [1.54, 1.807) is 0 Å². The third-order valence-electron chi connectivity index (χ3n) is 11.1. The van der Waals surface area contributed by atoms with Crippen LogP contribution in [0.1, 0.15) is 65.9 Å². The number of benzene rings is 3. The molecule has 5 aliphatic rings. The maximum atomic E-state index is 14.4. The summed E-state index contributed by atoms with van der Waals surface area (Å²) < 4.78 is 19.7. The highest BCUT2D eigenvalue weighted by Crippen LogP contribution is 2.65. The lowest BCUT2D eigenvalue weighted by atomic mass is 9.43. The highest BCUT2D eigenvalue weighted by molar-refractivity contribution is 6.48. The van der Waals surface area contributed by atoms with Crippen LogP contribution in [-0.2, 0) is 25.4 Å². The fourth-order valence-corrected chi connectivity index (χ4v) is 8.45. The second-order valence-electron chi connectivity index (χ2n) is 14.9. The molecule has 7 nitrogen and oxygen atoms in total. The van der Waals surface area contributed by atoms with Gasteiger partial charge >= 0.3 is 7.12 Å². The van der Waals surface area contributed by atoms with E-state index in [-0.39, 0.29) is 35.6 Å². The molecular weight excluding hydrogens is 563 g/mol. The Morgan fingerprint density at radius 3 is 2.56 bits per heavy atom. The number of rotatable bonds is 10. The largest absolute Gasteiger partial charge is 0.487 e. The van der Waals surface area contributed by atoms with Gasteiger partial charge in [-0.05, 0) is 66.4 Å². The Balaban J connectivity index is 1.10. The van der Waals surface area contributed by atoms with Gasteiger partial charge < -0.3 is 24.2 Å². The molecule has 3 saturated carbocycles. The molecule has 1 N–H and O–H groups in total. The van der Waals surface area contributed by atoms with Crippen molar-refractivity contribution in [1.82, 2.24) is 5.32 Å². The maximum Gasteiger partial charge on any atom is 0.481 e. The average Bonchev–Trinajstić information content (AvgIpc) is 3.61. The number of carbonyl (C=O) groups is 1. The minimum absolute atomic E-state index is 0.0491. The standard InChI is InChI=1S/C37H45BN2O5/c1-24(2)18-33(38-43-32-20-27-19-31(35(27,3)4)36(32,5)44-38)39-34(41)37(21-25-12-7-6-8-13-25)22-28(40-45-37)23-42-30-17-11-15-26-14-9-10-16-29(26)30/h6-17,24,27,31-33H,18-23H2,1-5H3,(H,39,41)/t27-,31-,32+,33-,36-,37?/m0/s1. The van der Waals surface area contributed by atoms with E-state index in [0.29, 0.717) is 36.3 Å². The van der Waals surface area contributed by atoms with Crippen LogP contribution >= 0.6 is 0 Å². The fourth-order valence-electron chi connectivity index (χ4n) is 8.45.